The quantitative estimate of drug-likeness (QED) is 0.683. The van der Waals surface area contributed by atoms with Crippen LogP contribution < -0.4 is 10.2 Å². The van der Waals surface area contributed by atoms with Crippen molar-refractivity contribution in [3.05, 3.63) is 42.0 Å². The first kappa shape index (κ1) is 19.9. The van der Waals surface area contributed by atoms with Crippen molar-refractivity contribution >= 4 is 17.4 Å². The monoisotopic (exact) mass is 420 g/mol. The average molecular weight is 421 g/mol. The molecule has 8 heteroatoms. The third-order valence-electron chi connectivity index (χ3n) is 6.35. The van der Waals surface area contributed by atoms with Crippen LogP contribution in [0.5, 0.6) is 0 Å². The second kappa shape index (κ2) is 8.63. The Hall–Kier alpha value is -3.00. The van der Waals surface area contributed by atoms with Crippen LogP contribution in [0, 0.1) is 12.8 Å². The number of hydrogen-bond donors (Lipinski definition) is 1. The molecule has 1 amide bonds. The Bertz CT molecular complexity index is 1070. The minimum atomic E-state index is 0.0545. The lowest BCUT2D eigenvalue weighted by Gasteiger charge is -2.32. The van der Waals surface area contributed by atoms with Crippen molar-refractivity contribution in [2.45, 2.75) is 38.7 Å². The smallest absolute Gasteiger partial charge is 0.223 e. The van der Waals surface area contributed by atoms with Gasteiger partial charge in [0.1, 0.15) is 5.82 Å². The number of aryl methyl sites for hydroxylation is 1. The van der Waals surface area contributed by atoms with E-state index in [1.807, 2.05) is 34.8 Å². The van der Waals surface area contributed by atoms with Crippen molar-refractivity contribution in [3.63, 3.8) is 0 Å². The summed E-state index contributed by atoms with van der Waals surface area (Å²) in [5, 5.41) is 16.6. The van der Waals surface area contributed by atoms with Crippen molar-refractivity contribution in [1.82, 2.24) is 25.1 Å². The zero-order valence-electron chi connectivity index (χ0n) is 17.8. The second-order valence-electron chi connectivity index (χ2n) is 8.44. The van der Waals surface area contributed by atoms with Gasteiger partial charge >= 0.3 is 0 Å². The van der Waals surface area contributed by atoms with Crippen molar-refractivity contribution in [3.8, 4) is 11.4 Å². The summed E-state index contributed by atoms with van der Waals surface area (Å²) in [4.78, 5) is 14.8. The zero-order chi connectivity index (χ0) is 21.2. The minimum Gasteiger partial charge on any atom is -0.376 e. The summed E-state index contributed by atoms with van der Waals surface area (Å²) in [6, 6.07) is 12.1. The highest BCUT2D eigenvalue weighted by Crippen LogP contribution is 2.25. The maximum absolute atomic E-state index is 12.6. The van der Waals surface area contributed by atoms with Gasteiger partial charge in [-0.05, 0) is 50.3 Å². The molecule has 2 fully saturated rings. The third kappa shape index (κ3) is 4.12. The van der Waals surface area contributed by atoms with E-state index in [9.17, 15) is 4.79 Å². The molecular formula is C23H28N6O2. The molecule has 162 valence electrons. The fraction of sp³-hybridized carbons (Fsp3) is 0.478. The molecule has 1 aromatic carbocycles. The van der Waals surface area contributed by atoms with Crippen LogP contribution in [0.1, 0.15) is 31.2 Å². The molecule has 0 aliphatic carbocycles. The van der Waals surface area contributed by atoms with E-state index in [0.717, 1.165) is 73.8 Å². The minimum absolute atomic E-state index is 0.0545. The molecule has 2 aliphatic rings. The van der Waals surface area contributed by atoms with E-state index in [4.69, 9.17) is 9.84 Å². The number of hydrogen-bond acceptors (Lipinski definition) is 6. The number of carbonyl (C=O) groups is 1. The van der Waals surface area contributed by atoms with Gasteiger partial charge in [-0.1, -0.05) is 24.3 Å². The number of nitrogens with one attached hydrogen (secondary N) is 1. The molecule has 0 radical (unpaired) electrons. The highest BCUT2D eigenvalue weighted by Gasteiger charge is 2.27. The topological polar surface area (TPSA) is 84.7 Å². The number of amides is 1. The number of fused-ring (bicyclic) bond motifs is 1. The van der Waals surface area contributed by atoms with E-state index < -0.39 is 0 Å². The molecule has 1 atom stereocenters. The van der Waals surface area contributed by atoms with Gasteiger partial charge in [-0.3, -0.25) is 4.79 Å². The normalized spacial score (nSPS) is 19.8. The summed E-state index contributed by atoms with van der Waals surface area (Å²) in [5.41, 5.74) is 2.89. The van der Waals surface area contributed by atoms with Gasteiger partial charge in [0, 0.05) is 37.7 Å². The summed E-state index contributed by atoms with van der Waals surface area (Å²) < 4.78 is 7.42. The molecule has 2 aliphatic heterocycles. The number of benzene rings is 1. The fourth-order valence-electron chi connectivity index (χ4n) is 4.47. The Balaban J connectivity index is 1.26. The molecule has 4 heterocycles. The van der Waals surface area contributed by atoms with Crippen LogP contribution in [0.15, 0.2) is 36.4 Å². The number of piperidine rings is 1. The van der Waals surface area contributed by atoms with Crippen LogP contribution >= 0.6 is 0 Å². The number of ether oxygens (including phenoxy) is 1. The molecule has 3 aromatic rings. The Morgan fingerprint density at radius 2 is 1.97 bits per heavy atom. The molecule has 0 spiro atoms. The summed E-state index contributed by atoms with van der Waals surface area (Å²) >= 11 is 0. The molecule has 31 heavy (non-hydrogen) atoms. The van der Waals surface area contributed by atoms with Crippen LogP contribution in [-0.4, -0.2) is 58.1 Å². The van der Waals surface area contributed by atoms with E-state index >= 15 is 0 Å². The zero-order valence-corrected chi connectivity index (χ0v) is 17.8. The van der Waals surface area contributed by atoms with Gasteiger partial charge in [0.05, 0.1) is 6.10 Å². The van der Waals surface area contributed by atoms with E-state index in [2.05, 4.69) is 33.4 Å². The summed E-state index contributed by atoms with van der Waals surface area (Å²) in [6.45, 7) is 5.12. The molecule has 1 N–H and O–H groups in total. The van der Waals surface area contributed by atoms with Crippen LogP contribution in [0.2, 0.25) is 0 Å². The second-order valence-corrected chi connectivity index (χ2v) is 8.44. The lowest BCUT2D eigenvalue weighted by atomic mass is 9.96. The van der Waals surface area contributed by atoms with Crippen molar-refractivity contribution in [1.29, 1.82) is 0 Å². The Kier molecular flexibility index (Phi) is 5.55. The number of anilines is 1. The number of carbonyl (C=O) groups excluding carboxylic acids is 1. The van der Waals surface area contributed by atoms with Gasteiger partial charge < -0.3 is 15.0 Å². The number of nitrogens with zero attached hydrogens (tertiary/aromatic N) is 5. The highest BCUT2D eigenvalue weighted by atomic mass is 16.5. The molecule has 2 saturated heterocycles. The van der Waals surface area contributed by atoms with Gasteiger partial charge in [0.2, 0.25) is 5.91 Å². The Morgan fingerprint density at radius 3 is 2.74 bits per heavy atom. The molecule has 8 nitrogen and oxygen atoms in total. The lowest BCUT2D eigenvalue weighted by Crippen LogP contribution is -2.42. The molecule has 0 saturated carbocycles. The third-order valence-corrected chi connectivity index (χ3v) is 6.35. The highest BCUT2D eigenvalue weighted by molar-refractivity contribution is 5.79. The summed E-state index contributed by atoms with van der Waals surface area (Å²) in [5.74, 6) is 1.84. The van der Waals surface area contributed by atoms with Gasteiger partial charge in [0.25, 0.3) is 0 Å². The first-order valence-electron chi connectivity index (χ1n) is 11.1. The van der Waals surface area contributed by atoms with Crippen LogP contribution in [0.4, 0.5) is 5.82 Å². The average Bonchev–Trinajstić information content (AvgIpc) is 3.47. The first-order valence-corrected chi connectivity index (χ1v) is 11.1. The molecule has 2 aromatic heterocycles. The van der Waals surface area contributed by atoms with Crippen molar-refractivity contribution in [2.75, 3.05) is 31.1 Å². The van der Waals surface area contributed by atoms with Crippen LogP contribution in [-0.2, 0) is 9.53 Å². The van der Waals surface area contributed by atoms with Gasteiger partial charge in [-0.15, -0.1) is 15.3 Å². The van der Waals surface area contributed by atoms with E-state index in [0.29, 0.717) is 6.54 Å². The van der Waals surface area contributed by atoms with E-state index in [1.54, 1.807) is 0 Å². The fourth-order valence-corrected chi connectivity index (χ4v) is 4.47. The van der Waals surface area contributed by atoms with Crippen LogP contribution in [0.25, 0.3) is 17.0 Å². The maximum atomic E-state index is 12.6. The van der Waals surface area contributed by atoms with Gasteiger partial charge in [0.15, 0.2) is 11.5 Å². The maximum Gasteiger partial charge on any atom is 0.223 e. The molecule has 5 rings (SSSR count). The first-order chi connectivity index (χ1) is 15.2. The number of rotatable bonds is 5. The summed E-state index contributed by atoms with van der Waals surface area (Å²) in [6.07, 6.45) is 3.97. The van der Waals surface area contributed by atoms with Crippen LogP contribution in [0.3, 0.4) is 0 Å². The molecule has 0 bridgehead atoms. The Morgan fingerprint density at radius 1 is 1.13 bits per heavy atom. The van der Waals surface area contributed by atoms with Crippen molar-refractivity contribution in [2.24, 2.45) is 5.92 Å². The molecular weight excluding hydrogens is 392 g/mol. The predicted molar refractivity (Wildman–Crippen MR) is 118 cm³/mol. The Labute approximate surface area is 181 Å². The predicted octanol–water partition coefficient (Wildman–Crippen LogP) is 2.61. The van der Waals surface area contributed by atoms with Gasteiger partial charge in [-0.2, -0.15) is 4.52 Å². The SMILES string of the molecule is Cc1ccccc1-c1nnc2ccc(N3CCC(C(=O)NC[C@@H]4CCCO4)CC3)nn12. The summed E-state index contributed by atoms with van der Waals surface area (Å²) in [7, 11) is 0. The standard InChI is InChI=1S/C23H28N6O2/c1-16-5-2-3-7-19(16)22-26-25-20-8-9-21(27-29(20)22)28-12-10-17(11-13-28)23(30)24-15-18-6-4-14-31-18/h2-3,5,7-9,17-18H,4,6,10-15H2,1H3,(H,24,30)/t18-/m0/s1. The largest absolute Gasteiger partial charge is 0.376 e. The van der Waals surface area contributed by atoms with Gasteiger partial charge in [-0.25, -0.2) is 0 Å². The van der Waals surface area contributed by atoms with E-state index in [1.165, 1.54) is 0 Å². The number of aromatic nitrogens is 4. The molecule has 0 unspecified atom stereocenters. The van der Waals surface area contributed by atoms with Crippen molar-refractivity contribution < 1.29 is 9.53 Å². The lowest BCUT2D eigenvalue weighted by molar-refractivity contribution is -0.126. The van der Waals surface area contributed by atoms with E-state index in [-0.39, 0.29) is 17.9 Å².